The SMILES string of the molecule is NC(Cc1cc(Br)ccc1F)c1ccc(F)cc1Cl. The second kappa shape index (κ2) is 5.99. The summed E-state index contributed by atoms with van der Waals surface area (Å²) in [7, 11) is 0. The largest absolute Gasteiger partial charge is 0.324 e. The molecule has 1 nitrogen and oxygen atoms in total. The van der Waals surface area contributed by atoms with Gasteiger partial charge in [0.1, 0.15) is 11.6 Å². The van der Waals surface area contributed by atoms with Gasteiger partial charge in [-0.25, -0.2) is 8.78 Å². The van der Waals surface area contributed by atoms with Gasteiger partial charge in [-0.1, -0.05) is 33.6 Å². The molecule has 1 unspecified atom stereocenters. The maximum absolute atomic E-state index is 13.6. The van der Waals surface area contributed by atoms with Crippen molar-refractivity contribution in [2.45, 2.75) is 12.5 Å². The van der Waals surface area contributed by atoms with Crippen molar-refractivity contribution in [3.05, 3.63) is 68.7 Å². The molecule has 0 saturated heterocycles. The van der Waals surface area contributed by atoms with Crippen molar-refractivity contribution in [2.75, 3.05) is 0 Å². The van der Waals surface area contributed by atoms with Crippen LogP contribution in [-0.2, 0) is 6.42 Å². The van der Waals surface area contributed by atoms with Gasteiger partial charge in [0.15, 0.2) is 0 Å². The molecule has 0 aromatic heterocycles. The van der Waals surface area contributed by atoms with E-state index in [9.17, 15) is 8.78 Å². The summed E-state index contributed by atoms with van der Waals surface area (Å²) in [6.45, 7) is 0. The monoisotopic (exact) mass is 345 g/mol. The maximum atomic E-state index is 13.6. The van der Waals surface area contributed by atoms with E-state index in [0.717, 1.165) is 4.47 Å². The van der Waals surface area contributed by atoms with Crippen molar-refractivity contribution in [3.8, 4) is 0 Å². The summed E-state index contributed by atoms with van der Waals surface area (Å²) in [5.74, 6) is -0.744. The van der Waals surface area contributed by atoms with E-state index in [4.69, 9.17) is 17.3 Å². The summed E-state index contributed by atoms with van der Waals surface area (Å²) in [6.07, 6.45) is 0.288. The number of benzene rings is 2. The minimum Gasteiger partial charge on any atom is -0.324 e. The Kier molecular flexibility index (Phi) is 4.55. The molecule has 0 saturated carbocycles. The molecule has 2 N–H and O–H groups in total. The van der Waals surface area contributed by atoms with Crippen LogP contribution in [0.4, 0.5) is 8.78 Å². The van der Waals surface area contributed by atoms with Crippen LogP contribution in [0.5, 0.6) is 0 Å². The Bertz CT molecular complexity index is 604. The van der Waals surface area contributed by atoms with Crippen molar-refractivity contribution in [3.63, 3.8) is 0 Å². The van der Waals surface area contributed by atoms with Crippen LogP contribution in [0.3, 0.4) is 0 Å². The zero-order valence-electron chi connectivity index (χ0n) is 9.84. The van der Waals surface area contributed by atoms with Crippen LogP contribution in [0.25, 0.3) is 0 Å². The molecule has 19 heavy (non-hydrogen) atoms. The van der Waals surface area contributed by atoms with Crippen LogP contribution < -0.4 is 5.73 Å². The first-order valence-electron chi connectivity index (χ1n) is 5.62. The van der Waals surface area contributed by atoms with E-state index < -0.39 is 11.9 Å². The topological polar surface area (TPSA) is 26.0 Å². The molecular formula is C14H11BrClF2N. The van der Waals surface area contributed by atoms with Crippen LogP contribution >= 0.6 is 27.5 Å². The lowest BCUT2D eigenvalue weighted by Crippen LogP contribution is -2.14. The first kappa shape index (κ1) is 14.4. The van der Waals surface area contributed by atoms with Crippen LogP contribution in [0.1, 0.15) is 17.2 Å². The van der Waals surface area contributed by atoms with E-state index in [-0.39, 0.29) is 17.3 Å². The van der Waals surface area contributed by atoms with Crippen molar-refractivity contribution < 1.29 is 8.78 Å². The van der Waals surface area contributed by atoms with Crippen LogP contribution in [0.15, 0.2) is 40.9 Å². The van der Waals surface area contributed by atoms with Crippen molar-refractivity contribution in [1.29, 1.82) is 0 Å². The Hall–Kier alpha value is -0.970. The number of halogens is 4. The van der Waals surface area contributed by atoms with Gasteiger partial charge in [-0.15, -0.1) is 0 Å². The minimum absolute atomic E-state index is 0.253. The third kappa shape index (κ3) is 3.53. The number of hydrogen-bond donors (Lipinski definition) is 1. The standard InChI is InChI=1S/C14H11BrClF2N/c15-9-1-4-13(18)8(5-9)6-14(19)11-3-2-10(17)7-12(11)16/h1-5,7,14H,6,19H2. The van der Waals surface area contributed by atoms with Gasteiger partial charge >= 0.3 is 0 Å². The second-order valence-corrected chi connectivity index (χ2v) is 5.54. The summed E-state index contributed by atoms with van der Waals surface area (Å²) in [4.78, 5) is 0. The van der Waals surface area contributed by atoms with Gasteiger partial charge in [0.25, 0.3) is 0 Å². The highest BCUT2D eigenvalue weighted by molar-refractivity contribution is 9.10. The summed E-state index contributed by atoms with van der Waals surface area (Å²) < 4.78 is 27.4. The fraction of sp³-hybridized carbons (Fsp3) is 0.143. The van der Waals surface area contributed by atoms with E-state index in [1.807, 2.05) is 0 Å². The van der Waals surface area contributed by atoms with Gasteiger partial charge in [-0.2, -0.15) is 0 Å². The Labute approximate surface area is 123 Å². The average molecular weight is 347 g/mol. The molecule has 0 amide bonds. The first-order chi connectivity index (χ1) is 8.97. The second-order valence-electron chi connectivity index (χ2n) is 4.21. The molecule has 0 radical (unpaired) electrons. The quantitative estimate of drug-likeness (QED) is 0.862. The highest BCUT2D eigenvalue weighted by atomic mass is 79.9. The van der Waals surface area contributed by atoms with E-state index in [1.54, 1.807) is 12.1 Å². The predicted molar refractivity (Wildman–Crippen MR) is 76.1 cm³/mol. The van der Waals surface area contributed by atoms with Gasteiger partial charge in [0.2, 0.25) is 0 Å². The van der Waals surface area contributed by atoms with E-state index in [1.165, 1.54) is 24.3 Å². The lowest BCUT2D eigenvalue weighted by molar-refractivity contribution is 0.591. The molecule has 0 bridgehead atoms. The Morgan fingerprint density at radius 3 is 2.58 bits per heavy atom. The maximum Gasteiger partial charge on any atom is 0.126 e. The van der Waals surface area contributed by atoms with Gasteiger partial charge in [0, 0.05) is 15.5 Å². The average Bonchev–Trinajstić information content (AvgIpc) is 2.33. The van der Waals surface area contributed by atoms with Crippen molar-refractivity contribution in [1.82, 2.24) is 0 Å². The molecule has 0 aliphatic carbocycles. The zero-order valence-corrected chi connectivity index (χ0v) is 12.2. The Morgan fingerprint density at radius 1 is 1.16 bits per heavy atom. The van der Waals surface area contributed by atoms with Crippen LogP contribution in [-0.4, -0.2) is 0 Å². The molecule has 0 heterocycles. The van der Waals surface area contributed by atoms with Gasteiger partial charge in [0.05, 0.1) is 0 Å². The molecule has 100 valence electrons. The Morgan fingerprint density at radius 2 is 1.89 bits per heavy atom. The fourth-order valence-corrected chi connectivity index (χ4v) is 2.56. The van der Waals surface area contributed by atoms with Gasteiger partial charge in [-0.3, -0.25) is 0 Å². The number of hydrogen-bond acceptors (Lipinski definition) is 1. The van der Waals surface area contributed by atoms with Crippen LogP contribution in [0.2, 0.25) is 5.02 Å². The molecule has 2 rings (SSSR count). The third-order valence-corrected chi connectivity index (χ3v) is 3.63. The van der Waals surface area contributed by atoms with E-state index >= 15 is 0 Å². The summed E-state index contributed by atoms with van der Waals surface area (Å²) in [6, 6.07) is 8.20. The highest BCUT2D eigenvalue weighted by Gasteiger charge is 2.14. The minimum atomic E-state index is -0.489. The molecule has 2 aromatic carbocycles. The van der Waals surface area contributed by atoms with E-state index in [2.05, 4.69) is 15.9 Å². The van der Waals surface area contributed by atoms with E-state index in [0.29, 0.717) is 11.1 Å². The lowest BCUT2D eigenvalue weighted by Gasteiger charge is -2.14. The molecule has 0 aliphatic rings. The molecule has 0 spiro atoms. The van der Waals surface area contributed by atoms with Crippen molar-refractivity contribution in [2.24, 2.45) is 5.73 Å². The lowest BCUT2D eigenvalue weighted by atomic mass is 9.99. The molecule has 2 aromatic rings. The molecule has 1 atom stereocenters. The molecular weight excluding hydrogens is 336 g/mol. The fourth-order valence-electron chi connectivity index (χ4n) is 1.85. The molecule has 0 aliphatic heterocycles. The summed E-state index contributed by atoms with van der Waals surface area (Å²) >= 11 is 9.22. The predicted octanol–water partition coefficient (Wildman–Crippen LogP) is 4.62. The number of rotatable bonds is 3. The smallest absolute Gasteiger partial charge is 0.126 e. The number of nitrogens with two attached hydrogens (primary N) is 1. The van der Waals surface area contributed by atoms with Crippen molar-refractivity contribution >= 4 is 27.5 Å². The molecule has 0 fully saturated rings. The zero-order chi connectivity index (χ0) is 14.0. The van der Waals surface area contributed by atoms with Crippen LogP contribution in [0, 0.1) is 11.6 Å². The summed E-state index contributed by atoms with van der Waals surface area (Å²) in [5.41, 5.74) is 7.10. The first-order valence-corrected chi connectivity index (χ1v) is 6.79. The van der Waals surface area contributed by atoms with Gasteiger partial charge in [-0.05, 0) is 47.9 Å². The normalized spacial score (nSPS) is 12.5. The summed E-state index contributed by atoms with van der Waals surface area (Å²) in [5, 5.41) is 0.253. The molecule has 5 heteroatoms. The Balaban J connectivity index is 2.25. The van der Waals surface area contributed by atoms with Gasteiger partial charge < -0.3 is 5.73 Å². The highest BCUT2D eigenvalue weighted by Crippen LogP contribution is 2.26. The third-order valence-electron chi connectivity index (χ3n) is 2.81.